The van der Waals surface area contributed by atoms with E-state index in [2.05, 4.69) is 51.7 Å². The second kappa shape index (κ2) is 11.6. The molecule has 1 heterocycles. The number of thiazole rings is 1. The van der Waals surface area contributed by atoms with Gasteiger partial charge in [0.05, 0.1) is 12.8 Å². The van der Waals surface area contributed by atoms with E-state index >= 15 is 0 Å². The molecule has 0 fully saturated rings. The Kier molecular flexibility index (Phi) is 8.86. The molecule has 1 aromatic heterocycles. The number of carbonyl (C=O) groups is 1. The third-order valence-corrected chi connectivity index (χ3v) is 6.97. The number of aromatic nitrogens is 1. The lowest BCUT2D eigenvalue weighted by molar-refractivity contribution is 0.0985. The Morgan fingerprint density at radius 3 is 2.18 bits per heavy atom. The zero-order chi connectivity index (χ0) is 24.7. The van der Waals surface area contributed by atoms with E-state index in [4.69, 9.17) is 9.72 Å². The summed E-state index contributed by atoms with van der Waals surface area (Å²) < 4.78 is 5.27. The fourth-order valence-electron chi connectivity index (χ4n) is 3.83. The van der Waals surface area contributed by atoms with E-state index in [0.29, 0.717) is 12.1 Å². The van der Waals surface area contributed by atoms with Crippen molar-refractivity contribution in [1.82, 2.24) is 9.88 Å². The van der Waals surface area contributed by atoms with Crippen LogP contribution in [0.1, 0.15) is 57.0 Å². The lowest BCUT2D eigenvalue weighted by atomic mass is 9.86. The lowest BCUT2D eigenvalue weighted by Crippen LogP contribution is -2.34. The molecule has 0 unspecified atom stereocenters. The van der Waals surface area contributed by atoms with Gasteiger partial charge in [-0.3, -0.25) is 9.69 Å². The van der Waals surface area contributed by atoms with Gasteiger partial charge in [0.2, 0.25) is 0 Å². The van der Waals surface area contributed by atoms with Gasteiger partial charge in [0, 0.05) is 23.1 Å². The third-order valence-electron chi connectivity index (χ3n) is 6.10. The van der Waals surface area contributed by atoms with E-state index < -0.39 is 0 Å². The highest BCUT2D eigenvalue weighted by molar-refractivity contribution is 7.14. The second-order valence-electron chi connectivity index (χ2n) is 9.41. The highest BCUT2D eigenvalue weighted by Gasteiger charge is 2.22. The number of benzene rings is 2. The highest BCUT2D eigenvalue weighted by atomic mass is 32.1. The van der Waals surface area contributed by atoms with Crippen molar-refractivity contribution in [1.29, 1.82) is 0 Å². The van der Waals surface area contributed by atoms with Crippen LogP contribution in [0.3, 0.4) is 0 Å². The number of carbonyl (C=O) groups excluding carboxylic acids is 1. The largest absolute Gasteiger partial charge is 0.497 e. The zero-order valence-corrected chi connectivity index (χ0v) is 22.1. The molecule has 0 saturated carbocycles. The van der Waals surface area contributed by atoms with E-state index in [-0.39, 0.29) is 11.3 Å². The summed E-state index contributed by atoms with van der Waals surface area (Å²) in [5.74, 6) is 0.807. The minimum absolute atomic E-state index is 0.00404. The molecule has 0 bridgehead atoms. The van der Waals surface area contributed by atoms with E-state index in [1.165, 1.54) is 16.9 Å². The van der Waals surface area contributed by atoms with Crippen LogP contribution >= 0.6 is 11.3 Å². The van der Waals surface area contributed by atoms with E-state index in [0.717, 1.165) is 48.2 Å². The molecule has 3 aromatic rings. The Bertz CT molecular complexity index is 1050. The number of nitrogens with zero attached hydrogens (tertiary/aromatic N) is 3. The monoisotopic (exact) mass is 479 g/mol. The highest BCUT2D eigenvalue weighted by Crippen LogP contribution is 2.30. The number of ether oxygens (including phenoxy) is 1. The molecule has 0 aliphatic rings. The van der Waals surface area contributed by atoms with Crippen molar-refractivity contribution in [2.45, 2.75) is 46.5 Å². The molecule has 1 amide bonds. The summed E-state index contributed by atoms with van der Waals surface area (Å²) in [6.07, 6.45) is 0.894. The molecule has 5 nitrogen and oxygen atoms in total. The summed E-state index contributed by atoms with van der Waals surface area (Å²) in [5, 5.41) is 2.75. The van der Waals surface area contributed by atoms with Gasteiger partial charge in [-0.05, 0) is 73.4 Å². The molecule has 0 spiro atoms. The van der Waals surface area contributed by atoms with Gasteiger partial charge in [0.1, 0.15) is 5.75 Å². The number of rotatable bonds is 10. The number of amides is 1. The van der Waals surface area contributed by atoms with Crippen molar-refractivity contribution in [3.05, 3.63) is 65.0 Å². The molecule has 34 heavy (non-hydrogen) atoms. The second-order valence-corrected chi connectivity index (χ2v) is 10.2. The van der Waals surface area contributed by atoms with Gasteiger partial charge in [0.15, 0.2) is 5.13 Å². The molecule has 0 radical (unpaired) electrons. The number of hydrogen-bond acceptors (Lipinski definition) is 5. The first-order valence-electron chi connectivity index (χ1n) is 12.0. The summed E-state index contributed by atoms with van der Waals surface area (Å²) >= 11 is 1.51. The maximum Gasteiger partial charge on any atom is 0.260 e. The molecule has 6 heteroatoms. The standard InChI is InChI=1S/C28H37N3O2S/c1-7-30(8-2)18-9-19-31(26(32)22-10-14-23(15-11-22)28(3,4)5)27-29-25(20-34-27)21-12-16-24(33-6)17-13-21/h10-17,20H,7-9,18-19H2,1-6H3. The van der Waals surface area contributed by atoms with Crippen LogP contribution in [0.4, 0.5) is 5.13 Å². The Morgan fingerprint density at radius 2 is 1.62 bits per heavy atom. The van der Waals surface area contributed by atoms with Gasteiger partial charge < -0.3 is 9.64 Å². The smallest absolute Gasteiger partial charge is 0.260 e. The molecule has 0 N–H and O–H groups in total. The van der Waals surface area contributed by atoms with Gasteiger partial charge in [-0.1, -0.05) is 46.8 Å². The molecule has 0 atom stereocenters. The third kappa shape index (κ3) is 6.45. The molecule has 0 saturated heterocycles. The number of anilines is 1. The Morgan fingerprint density at radius 1 is 0.971 bits per heavy atom. The number of methoxy groups -OCH3 is 1. The van der Waals surface area contributed by atoms with E-state index in [9.17, 15) is 4.79 Å². The summed E-state index contributed by atoms with van der Waals surface area (Å²) in [6, 6.07) is 15.9. The van der Waals surface area contributed by atoms with Crippen LogP contribution in [0.2, 0.25) is 0 Å². The van der Waals surface area contributed by atoms with Crippen molar-refractivity contribution in [2.75, 3.05) is 38.2 Å². The molecular weight excluding hydrogens is 442 g/mol. The predicted molar refractivity (Wildman–Crippen MR) is 143 cm³/mol. The van der Waals surface area contributed by atoms with Gasteiger partial charge in [-0.15, -0.1) is 11.3 Å². The zero-order valence-electron chi connectivity index (χ0n) is 21.3. The fourth-order valence-corrected chi connectivity index (χ4v) is 4.69. The van der Waals surface area contributed by atoms with E-state index in [1.807, 2.05) is 46.7 Å². The summed E-state index contributed by atoms with van der Waals surface area (Å²) in [7, 11) is 1.66. The normalized spacial score (nSPS) is 11.6. The summed E-state index contributed by atoms with van der Waals surface area (Å²) in [5.41, 5.74) is 3.83. The minimum atomic E-state index is -0.00404. The van der Waals surface area contributed by atoms with Crippen LogP contribution in [-0.4, -0.2) is 49.1 Å². The Labute approximate surface area is 208 Å². The van der Waals surface area contributed by atoms with Gasteiger partial charge in [-0.25, -0.2) is 4.98 Å². The van der Waals surface area contributed by atoms with Crippen molar-refractivity contribution >= 4 is 22.4 Å². The minimum Gasteiger partial charge on any atom is -0.497 e. The predicted octanol–water partition coefficient (Wildman–Crippen LogP) is 6.49. The first-order chi connectivity index (χ1) is 16.3. The SMILES string of the molecule is CCN(CC)CCCN(C(=O)c1ccc(C(C)(C)C)cc1)c1nc(-c2ccc(OC)cc2)cs1. The summed E-state index contributed by atoms with van der Waals surface area (Å²) in [6.45, 7) is 14.5. The molecule has 2 aromatic carbocycles. The van der Waals surface area contributed by atoms with Crippen LogP contribution in [-0.2, 0) is 5.41 Å². The Hall–Kier alpha value is -2.70. The van der Waals surface area contributed by atoms with Crippen LogP contribution in [0, 0.1) is 0 Å². The topological polar surface area (TPSA) is 45.7 Å². The van der Waals surface area contributed by atoms with Gasteiger partial charge in [0.25, 0.3) is 5.91 Å². The van der Waals surface area contributed by atoms with Crippen molar-refractivity contribution < 1.29 is 9.53 Å². The fraction of sp³-hybridized carbons (Fsp3) is 0.429. The first-order valence-corrected chi connectivity index (χ1v) is 12.9. The molecule has 182 valence electrons. The quantitative estimate of drug-likeness (QED) is 0.333. The maximum atomic E-state index is 13.6. The van der Waals surface area contributed by atoms with Gasteiger partial charge >= 0.3 is 0 Å². The van der Waals surface area contributed by atoms with Gasteiger partial charge in [-0.2, -0.15) is 0 Å². The molecular formula is C28H37N3O2S. The first kappa shape index (κ1) is 25.9. The number of hydrogen-bond donors (Lipinski definition) is 0. The molecule has 0 aliphatic carbocycles. The van der Waals surface area contributed by atoms with Crippen LogP contribution in [0.25, 0.3) is 11.3 Å². The van der Waals surface area contributed by atoms with Crippen molar-refractivity contribution in [3.63, 3.8) is 0 Å². The molecule has 0 aliphatic heterocycles. The van der Waals surface area contributed by atoms with Crippen molar-refractivity contribution in [2.24, 2.45) is 0 Å². The maximum absolute atomic E-state index is 13.6. The van der Waals surface area contributed by atoms with E-state index in [1.54, 1.807) is 7.11 Å². The van der Waals surface area contributed by atoms with Crippen molar-refractivity contribution in [3.8, 4) is 17.0 Å². The average molecular weight is 480 g/mol. The van der Waals surface area contributed by atoms with Crippen LogP contribution < -0.4 is 9.64 Å². The summed E-state index contributed by atoms with van der Waals surface area (Å²) in [4.78, 5) is 22.7. The lowest BCUT2D eigenvalue weighted by Gasteiger charge is -2.24. The van der Waals surface area contributed by atoms with Crippen LogP contribution in [0.15, 0.2) is 53.9 Å². The average Bonchev–Trinajstić information content (AvgIpc) is 3.33. The van der Waals surface area contributed by atoms with Crippen LogP contribution in [0.5, 0.6) is 5.75 Å². The Balaban J connectivity index is 1.85. The molecule has 3 rings (SSSR count).